The number of halogens is 2. The normalized spacial score (nSPS) is 23.1. The maximum Gasteiger partial charge on any atom is 0.254 e. The maximum atomic E-state index is 13.5. The molecule has 3 heterocycles. The Morgan fingerprint density at radius 3 is 2.54 bits per heavy atom. The lowest BCUT2D eigenvalue weighted by Crippen LogP contribution is -2.36. The Labute approximate surface area is 138 Å². The van der Waals surface area contributed by atoms with Crippen LogP contribution < -0.4 is 5.56 Å². The van der Waals surface area contributed by atoms with Crippen molar-refractivity contribution < 1.29 is 8.78 Å². The fourth-order valence-corrected chi connectivity index (χ4v) is 4.13. The van der Waals surface area contributed by atoms with E-state index in [1.165, 1.54) is 12.1 Å². The van der Waals surface area contributed by atoms with Gasteiger partial charge in [0.15, 0.2) is 0 Å². The third-order valence-corrected chi connectivity index (χ3v) is 5.15. The molecule has 4 rings (SSSR count). The van der Waals surface area contributed by atoms with Crippen molar-refractivity contribution in [1.82, 2.24) is 14.9 Å². The van der Waals surface area contributed by atoms with Gasteiger partial charge in [0, 0.05) is 36.7 Å². The van der Waals surface area contributed by atoms with E-state index >= 15 is 0 Å². The van der Waals surface area contributed by atoms with Gasteiger partial charge in [0.1, 0.15) is 17.5 Å². The molecule has 2 atom stereocenters. The van der Waals surface area contributed by atoms with Crippen molar-refractivity contribution in [2.75, 3.05) is 0 Å². The Kier molecular flexibility index (Phi) is 3.72. The summed E-state index contributed by atoms with van der Waals surface area (Å²) in [6.07, 6.45) is 3.38. The van der Waals surface area contributed by atoms with E-state index in [0.29, 0.717) is 30.8 Å². The lowest BCUT2D eigenvalue weighted by Gasteiger charge is -2.27. The fourth-order valence-electron chi connectivity index (χ4n) is 4.13. The Balaban J connectivity index is 1.65. The van der Waals surface area contributed by atoms with Gasteiger partial charge in [-0.15, -0.1) is 0 Å². The molecule has 1 saturated heterocycles. The Hall–Kier alpha value is -2.08. The fraction of sp³-hybridized carbons (Fsp3) is 0.444. The van der Waals surface area contributed by atoms with E-state index in [1.54, 1.807) is 6.92 Å². The van der Waals surface area contributed by atoms with E-state index in [1.807, 2.05) is 0 Å². The first-order valence-corrected chi connectivity index (χ1v) is 8.29. The minimum Gasteiger partial charge on any atom is -0.311 e. The average molecular weight is 331 g/mol. The zero-order valence-corrected chi connectivity index (χ0v) is 13.5. The van der Waals surface area contributed by atoms with Crippen LogP contribution in [0.3, 0.4) is 0 Å². The summed E-state index contributed by atoms with van der Waals surface area (Å²) < 4.78 is 26.9. The third kappa shape index (κ3) is 2.75. The smallest absolute Gasteiger partial charge is 0.254 e. The molecule has 2 aliphatic heterocycles. The third-order valence-electron chi connectivity index (χ3n) is 5.15. The standard InChI is InChI=1S/C18H19F2N3O/c1-10-21-17-8-15-3-2-14(7-16(17)18(24)22-10)23(15)9-11-4-12(19)6-13(20)5-11/h4-6,14-15H,2-3,7-9H2,1H3,(H,21,22,24)/t14-,15+/m1/s1. The van der Waals surface area contributed by atoms with Crippen LogP contribution >= 0.6 is 0 Å². The predicted octanol–water partition coefficient (Wildman–Crippen LogP) is 2.49. The van der Waals surface area contributed by atoms with E-state index in [4.69, 9.17) is 0 Å². The van der Waals surface area contributed by atoms with Crippen molar-refractivity contribution in [3.63, 3.8) is 0 Å². The van der Waals surface area contributed by atoms with Crippen LogP contribution in [0, 0.1) is 18.6 Å². The molecule has 4 nitrogen and oxygen atoms in total. The number of aromatic nitrogens is 2. The highest BCUT2D eigenvalue weighted by Crippen LogP contribution is 2.33. The van der Waals surface area contributed by atoms with E-state index in [-0.39, 0.29) is 17.6 Å². The van der Waals surface area contributed by atoms with Crippen LogP contribution in [0.1, 0.15) is 35.5 Å². The second kappa shape index (κ2) is 5.77. The molecule has 0 saturated carbocycles. The first-order valence-electron chi connectivity index (χ1n) is 8.29. The van der Waals surface area contributed by atoms with E-state index < -0.39 is 11.6 Å². The highest BCUT2D eigenvalue weighted by molar-refractivity contribution is 5.25. The molecule has 0 aliphatic carbocycles. The van der Waals surface area contributed by atoms with Crippen LogP contribution in [-0.2, 0) is 19.4 Å². The molecule has 2 bridgehead atoms. The molecule has 1 fully saturated rings. The molecular formula is C18H19F2N3O. The summed E-state index contributed by atoms with van der Waals surface area (Å²) in [6.45, 7) is 2.28. The molecule has 2 aromatic rings. The molecule has 6 heteroatoms. The van der Waals surface area contributed by atoms with Crippen LogP contribution in [-0.4, -0.2) is 27.0 Å². The van der Waals surface area contributed by atoms with Crippen LogP contribution in [0.15, 0.2) is 23.0 Å². The summed E-state index contributed by atoms with van der Waals surface area (Å²) in [5.41, 5.74) is 2.22. The summed E-state index contributed by atoms with van der Waals surface area (Å²) >= 11 is 0. The number of H-pyrrole nitrogens is 1. The van der Waals surface area contributed by atoms with Gasteiger partial charge in [-0.1, -0.05) is 0 Å². The molecule has 126 valence electrons. The maximum absolute atomic E-state index is 13.5. The van der Waals surface area contributed by atoms with Crippen molar-refractivity contribution in [3.8, 4) is 0 Å². The molecule has 2 aliphatic rings. The minimum atomic E-state index is -0.552. The molecule has 0 unspecified atom stereocenters. The lowest BCUT2D eigenvalue weighted by atomic mass is 9.98. The number of fused-ring (bicyclic) bond motifs is 3. The van der Waals surface area contributed by atoms with Gasteiger partial charge in [-0.3, -0.25) is 9.69 Å². The molecule has 1 aromatic carbocycles. The van der Waals surface area contributed by atoms with Crippen LogP contribution in [0.4, 0.5) is 8.78 Å². The van der Waals surface area contributed by atoms with Gasteiger partial charge >= 0.3 is 0 Å². The monoisotopic (exact) mass is 331 g/mol. The number of nitrogens with zero attached hydrogens (tertiary/aromatic N) is 2. The van der Waals surface area contributed by atoms with Crippen molar-refractivity contribution in [3.05, 3.63) is 62.8 Å². The Bertz CT molecular complexity index is 828. The van der Waals surface area contributed by atoms with Gasteiger partial charge in [-0.2, -0.15) is 0 Å². The van der Waals surface area contributed by atoms with Gasteiger partial charge < -0.3 is 4.98 Å². The molecule has 1 aromatic heterocycles. The molecule has 0 spiro atoms. The van der Waals surface area contributed by atoms with Crippen molar-refractivity contribution >= 4 is 0 Å². The van der Waals surface area contributed by atoms with E-state index in [9.17, 15) is 13.6 Å². The zero-order valence-electron chi connectivity index (χ0n) is 13.5. The van der Waals surface area contributed by atoms with Crippen LogP contribution in [0.5, 0.6) is 0 Å². The van der Waals surface area contributed by atoms with Crippen molar-refractivity contribution in [2.45, 2.75) is 51.2 Å². The highest BCUT2D eigenvalue weighted by atomic mass is 19.1. The summed E-state index contributed by atoms with van der Waals surface area (Å²) in [5.74, 6) is -0.469. The minimum absolute atomic E-state index is 0.0539. The summed E-state index contributed by atoms with van der Waals surface area (Å²) in [6, 6.07) is 4.14. The largest absolute Gasteiger partial charge is 0.311 e. The number of hydrogen-bond acceptors (Lipinski definition) is 3. The summed E-state index contributed by atoms with van der Waals surface area (Å²) in [7, 11) is 0. The van der Waals surface area contributed by atoms with Gasteiger partial charge in [-0.05, 0) is 43.9 Å². The average Bonchev–Trinajstić information content (AvgIpc) is 2.74. The highest BCUT2D eigenvalue weighted by Gasteiger charge is 2.38. The number of hydrogen-bond donors (Lipinski definition) is 1. The van der Waals surface area contributed by atoms with Crippen LogP contribution in [0.2, 0.25) is 0 Å². The van der Waals surface area contributed by atoms with Gasteiger partial charge in [-0.25, -0.2) is 13.8 Å². The topological polar surface area (TPSA) is 49.0 Å². The second-order valence-corrected chi connectivity index (χ2v) is 6.82. The van der Waals surface area contributed by atoms with E-state index in [2.05, 4.69) is 14.9 Å². The van der Waals surface area contributed by atoms with Crippen molar-refractivity contribution in [2.24, 2.45) is 0 Å². The predicted molar refractivity (Wildman–Crippen MR) is 85.7 cm³/mol. The zero-order chi connectivity index (χ0) is 16.8. The molecule has 1 N–H and O–H groups in total. The quantitative estimate of drug-likeness (QED) is 0.920. The SMILES string of the molecule is Cc1nc2c(c(=O)[nH]1)C[C@H]1CC[C@@H](C2)N1Cc1cc(F)cc(F)c1. The van der Waals surface area contributed by atoms with Gasteiger partial charge in [0.2, 0.25) is 0 Å². The Morgan fingerprint density at radius 2 is 1.83 bits per heavy atom. The first-order chi connectivity index (χ1) is 11.5. The van der Waals surface area contributed by atoms with Gasteiger partial charge in [0.05, 0.1) is 5.69 Å². The van der Waals surface area contributed by atoms with Crippen molar-refractivity contribution in [1.29, 1.82) is 0 Å². The number of rotatable bonds is 2. The summed E-state index contributed by atoms with van der Waals surface area (Å²) in [5, 5.41) is 0. The summed E-state index contributed by atoms with van der Waals surface area (Å²) in [4.78, 5) is 21.8. The Morgan fingerprint density at radius 1 is 1.17 bits per heavy atom. The number of benzene rings is 1. The first kappa shape index (κ1) is 15.4. The lowest BCUT2D eigenvalue weighted by molar-refractivity contribution is 0.187. The number of nitrogens with one attached hydrogen (secondary N) is 1. The number of aryl methyl sites for hydroxylation is 1. The number of aromatic amines is 1. The van der Waals surface area contributed by atoms with E-state index in [0.717, 1.165) is 30.2 Å². The van der Waals surface area contributed by atoms with Crippen LogP contribution in [0.25, 0.3) is 0 Å². The second-order valence-electron chi connectivity index (χ2n) is 6.82. The molecule has 0 amide bonds. The van der Waals surface area contributed by atoms with Gasteiger partial charge in [0.25, 0.3) is 5.56 Å². The molecule has 0 radical (unpaired) electrons. The molecule has 24 heavy (non-hydrogen) atoms. The molecular weight excluding hydrogens is 312 g/mol.